The van der Waals surface area contributed by atoms with Crippen LogP contribution in [0, 0.1) is 0 Å². The fourth-order valence-electron chi connectivity index (χ4n) is 0.647. The lowest BCUT2D eigenvalue weighted by atomic mass is 10.7. The molecular weight excluding hydrogens is 208 g/mol. The average Bonchev–Trinajstić information content (AvgIpc) is 2.04. The molecule has 0 heterocycles. The highest BCUT2D eigenvalue weighted by atomic mass is 32.2. The zero-order chi connectivity index (χ0) is 11.2. The number of carbonyl (C=O) groups is 1. The Bertz CT molecular complexity index is 273. The third kappa shape index (κ3) is 5.03. The number of nitrogens with zero attached hydrogens (tertiary/aromatic N) is 1. The number of alkyl carbamates (subject to hydrolysis) is 1. The van der Waals surface area contributed by atoms with Crippen LogP contribution in [0.1, 0.15) is 6.92 Å². The Kier molecular flexibility index (Phi) is 5.47. The number of sulfonamides is 1. The molecule has 14 heavy (non-hydrogen) atoms. The second-order valence-electron chi connectivity index (χ2n) is 2.75. The number of amides is 1. The highest BCUT2D eigenvalue weighted by molar-refractivity contribution is 7.89. The summed E-state index contributed by atoms with van der Waals surface area (Å²) in [5.41, 5.74) is 0. The molecule has 0 aromatic rings. The molecule has 0 aromatic carbocycles. The normalized spacial score (nSPS) is 11.4. The van der Waals surface area contributed by atoms with E-state index in [2.05, 4.69) is 10.1 Å². The van der Waals surface area contributed by atoms with Crippen LogP contribution in [-0.4, -0.2) is 51.8 Å². The zero-order valence-corrected chi connectivity index (χ0v) is 9.43. The summed E-state index contributed by atoms with van der Waals surface area (Å²) in [5, 5.41) is 2.33. The molecule has 0 atom stereocenters. The first kappa shape index (κ1) is 13.2. The molecule has 0 aliphatic rings. The fraction of sp³-hybridized carbons (Fsp3) is 0.857. The van der Waals surface area contributed by atoms with Crippen molar-refractivity contribution in [3.8, 4) is 0 Å². The highest BCUT2D eigenvalue weighted by Gasteiger charge is 2.13. The molecule has 0 fully saturated rings. The van der Waals surface area contributed by atoms with Gasteiger partial charge in [-0.1, -0.05) is 0 Å². The smallest absolute Gasteiger partial charge is 0.407 e. The van der Waals surface area contributed by atoms with Crippen LogP contribution in [0.3, 0.4) is 0 Å². The van der Waals surface area contributed by atoms with Gasteiger partial charge in [0.2, 0.25) is 10.0 Å². The molecule has 0 unspecified atom stereocenters. The van der Waals surface area contributed by atoms with Gasteiger partial charge in [-0.15, -0.1) is 0 Å². The van der Waals surface area contributed by atoms with Crippen molar-refractivity contribution in [3.05, 3.63) is 0 Å². The van der Waals surface area contributed by atoms with Gasteiger partial charge in [0.15, 0.2) is 0 Å². The van der Waals surface area contributed by atoms with E-state index in [-0.39, 0.29) is 18.9 Å². The molecule has 0 saturated heterocycles. The highest BCUT2D eigenvalue weighted by Crippen LogP contribution is 1.92. The number of nitrogens with one attached hydrogen (secondary N) is 1. The van der Waals surface area contributed by atoms with Gasteiger partial charge in [-0.3, -0.25) is 0 Å². The Hall–Kier alpha value is -0.820. The van der Waals surface area contributed by atoms with Crippen LogP contribution in [0.15, 0.2) is 0 Å². The first-order valence-corrected chi connectivity index (χ1v) is 5.82. The summed E-state index contributed by atoms with van der Waals surface area (Å²) in [4.78, 5) is 10.8. The minimum absolute atomic E-state index is 0.0549. The summed E-state index contributed by atoms with van der Waals surface area (Å²) in [6, 6.07) is 0. The van der Waals surface area contributed by atoms with E-state index in [1.54, 1.807) is 6.92 Å². The molecule has 0 bridgehead atoms. The Morgan fingerprint density at radius 2 is 2.00 bits per heavy atom. The molecule has 0 aliphatic carbocycles. The average molecular weight is 224 g/mol. The molecule has 1 amide bonds. The van der Waals surface area contributed by atoms with Crippen LogP contribution in [0.5, 0.6) is 0 Å². The monoisotopic (exact) mass is 224 g/mol. The van der Waals surface area contributed by atoms with Crippen LogP contribution in [0.25, 0.3) is 0 Å². The van der Waals surface area contributed by atoms with Crippen LogP contribution in [-0.2, 0) is 14.8 Å². The number of hydrogen-bond acceptors (Lipinski definition) is 4. The second kappa shape index (κ2) is 5.82. The van der Waals surface area contributed by atoms with E-state index in [0.717, 1.165) is 4.31 Å². The third-order valence-corrected chi connectivity index (χ3v) is 3.29. The lowest BCUT2D eigenvalue weighted by molar-refractivity contribution is 0.153. The van der Waals surface area contributed by atoms with E-state index in [0.29, 0.717) is 0 Å². The van der Waals surface area contributed by atoms with Gasteiger partial charge in [0.1, 0.15) is 0 Å². The van der Waals surface area contributed by atoms with E-state index < -0.39 is 16.1 Å². The van der Waals surface area contributed by atoms with E-state index in [9.17, 15) is 13.2 Å². The standard InChI is InChI=1S/C7H16N2O4S/c1-4-13-7(10)8-5-6-14(11,12)9(2)3/h4-6H2,1-3H3,(H,8,10). The lowest BCUT2D eigenvalue weighted by Crippen LogP contribution is -2.34. The number of carbonyl (C=O) groups excluding carboxylic acids is 1. The molecule has 6 nitrogen and oxygen atoms in total. The summed E-state index contributed by atoms with van der Waals surface area (Å²) < 4.78 is 28.1. The van der Waals surface area contributed by atoms with Crippen LogP contribution in [0.2, 0.25) is 0 Å². The maximum absolute atomic E-state index is 11.2. The van der Waals surface area contributed by atoms with Crippen LogP contribution >= 0.6 is 0 Å². The van der Waals surface area contributed by atoms with Crippen molar-refractivity contribution in [2.24, 2.45) is 0 Å². The molecule has 0 aliphatic heterocycles. The zero-order valence-electron chi connectivity index (χ0n) is 8.61. The van der Waals surface area contributed by atoms with Gasteiger partial charge in [0.25, 0.3) is 0 Å². The first-order valence-electron chi connectivity index (χ1n) is 4.21. The number of rotatable bonds is 5. The topological polar surface area (TPSA) is 75.7 Å². The predicted molar refractivity (Wildman–Crippen MR) is 52.5 cm³/mol. The number of hydrogen-bond donors (Lipinski definition) is 1. The Morgan fingerprint density at radius 3 is 2.43 bits per heavy atom. The third-order valence-electron chi connectivity index (χ3n) is 1.46. The lowest BCUT2D eigenvalue weighted by Gasteiger charge is -2.11. The quantitative estimate of drug-likeness (QED) is 0.691. The van der Waals surface area contributed by atoms with Crippen LogP contribution in [0.4, 0.5) is 4.79 Å². The molecule has 84 valence electrons. The molecule has 0 radical (unpaired) electrons. The summed E-state index contributed by atoms with van der Waals surface area (Å²) in [6.07, 6.45) is -0.596. The summed E-state index contributed by atoms with van der Waals surface area (Å²) in [7, 11) is -0.357. The van der Waals surface area contributed by atoms with E-state index >= 15 is 0 Å². The Morgan fingerprint density at radius 1 is 1.43 bits per heavy atom. The maximum Gasteiger partial charge on any atom is 0.407 e. The van der Waals surface area contributed by atoms with E-state index in [4.69, 9.17) is 0 Å². The van der Waals surface area contributed by atoms with Crippen LogP contribution < -0.4 is 5.32 Å². The Balaban J connectivity index is 3.80. The van der Waals surface area contributed by atoms with Crippen molar-refractivity contribution in [2.45, 2.75) is 6.92 Å². The van der Waals surface area contributed by atoms with Gasteiger partial charge >= 0.3 is 6.09 Å². The summed E-state index contributed by atoms with van der Waals surface area (Å²) in [6.45, 7) is 2.00. The fourth-order valence-corrected chi connectivity index (χ4v) is 1.37. The van der Waals surface area contributed by atoms with Crippen molar-refractivity contribution in [1.29, 1.82) is 0 Å². The SMILES string of the molecule is CCOC(=O)NCCS(=O)(=O)N(C)C. The first-order chi connectivity index (χ1) is 6.40. The molecule has 0 spiro atoms. The van der Waals surface area contributed by atoms with Gasteiger partial charge in [0, 0.05) is 20.6 Å². The Labute approximate surface area is 84.3 Å². The summed E-state index contributed by atoms with van der Waals surface area (Å²) >= 11 is 0. The van der Waals surface area contributed by atoms with E-state index in [1.807, 2.05) is 0 Å². The molecule has 1 N–H and O–H groups in total. The largest absolute Gasteiger partial charge is 0.450 e. The number of ether oxygens (including phenoxy) is 1. The minimum Gasteiger partial charge on any atom is -0.450 e. The molecule has 0 aromatic heterocycles. The summed E-state index contributed by atoms with van der Waals surface area (Å²) in [5.74, 6) is -0.126. The van der Waals surface area contributed by atoms with Crippen molar-refractivity contribution >= 4 is 16.1 Å². The van der Waals surface area contributed by atoms with Crippen molar-refractivity contribution < 1.29 is 17.9 Å². The van der Waals surface area contributed by atoms with Crippen molar-refractivity contribution in [2.75, 3.05) is 33.0 Å². The van der Waals surface area contributed by atoms with Gasteiger partial charge in [-0.05, 0) is 6.92 Å². The maximum atomic E-state index is 11.2. The van der Waals surface area contributed by atoms with Crippen molar-refractivity contribution in [3.63, 3.8) is 0 Å². The minimum atomic E-state index is -3.25. The van der Waals surface area contributed by atoms with Gasteiger partial charge in [-0.25, -0.2) is 17.5 Å². The van der Waals surface area contributed by atoms with E-state index in [1.165, 1.54) is 14.1 Å². The molecule has 0 saturated carbocycles. The van der Waals surface area contributed by atoms with Gasteiger partial charge in [0.05, 0.1) is 12.4 Å². The molecular formula is C7H16N2O4S. The molecule has 7 heteroatoms. The van der Waals surface area contributed by atoms with Gasteiger partial charge in [-0.2, -0.15) is 0 Å². The molecule has 0 rings (SSSR count). The van der Waals surface area contributed by atoms with Gasteiger partial charge < -0.3 is 10.1 Å². The second-order valence-corrected chi connectivity index (χ2v) is 5.05. The van der Waals surface area contributed by atoms with Crippen molar-refractivity contribution in [1.82, 2.24) is 9.62 Å². The predicted octanol–water partition coefficient (Wildman–Crippen LogP) is -0.376.